The van der Waals surface area contributed by atoms with E-state index in [1.165, 1.54) is 11.1 Å². The first-order chi connectivity index (χ1) is 14.4. The Kier molecular flexibility index (Phi) is 7.60. The molecule has 1 aliphatic rings. The summed E-state index contributed by atoms with van der Waals surface area (Å²) in [4.78, 5) is 29.0. The SMILES string of the molecule is Cc1ccccc1CN1CCN(CC(=O)NCC(=O)Nc2cccc(C)c2C)CC1. The average Bonchev–Trinajstić information content (AvgIpc) is 2.73. The number of aryl methyl sites for hydroxylation is 2. The van der Waals surface area contributed by atoms with Crippen LogP contribution in [0.15, 0.2) is 42.5 Å². The Morgan fingerprint density at radius 1 is 0.833 bits per heavy atom. The van der Waals surface area contributed by atoms with Crippen molar-refractivity contribution < 1.29 is 9.59 Å². The van der Waals surface area contributed by atoms with Gasteiger partial charge in [-0.3, -0.25) is 19.4 Å². The second-order valence-electron chi connectivity index (χ2n) is 8.05. The van der Waals surface area contributed by atoms with Crippen LogP contribution in [0.3, 0.4) is 0 Å². The Morgan fingerprint density at radius 3 is 2.23 bits per heavy atom. The van der Waals surface area contributed by atoms with Gasteiger partial charge in [0.25, 0.3) is 0 Å². The van der Waals surface area contributed by atoms with Crippen LogP contribution in [0.25, 0.3) is 0 Å². The Bertz CT molecular complexity index is 889. The van der Waals surface area contributed by atoms with E-state index in [9.17, 15) is 9.59 Å². The summed E-state index contributed by atoms with van der Waals surface area (Å²) < 4.78 is 0. The van der Waals surface area contributed by atoms with Gasteiger partial charge >= 0.3 is 0 Å². The topological polar surface area (TPSA) is 64.7 Å². The Labute approximate surface area is 179 Å². The molecule has 0 atom stereocenters. The molecule has 1 aliphatic heterocycles. The molecule has 0 saturated carbocycles. The second kappa shape index (κ2) is 10.4. The van der Waals surface area contributed by atoms with E-state index in [4.69, 9.17) is 0 Å². The quantitative estimate of drug-likeness (QED) is 0.739. The number of nitrogens with zero attached hydrogens (tertiary/aromatic N) is 2. The molecule has 0 bridgehead atoms. The van der Waals surface area contributed by atoms with Crippen LogP contribution in [-0.2, 0) is 16.1 Å². The lowest BCUT2D eigenvalue weighted by molar-refractivity contribution is -0.125. The number of piperazine rings is 1. The molecule has 0 unspecified atom stereocenters. The maximum atomic E-state index is 12.3. The normalized spacial score (nSPS) is 15.0. The minimum Gasteiger partial charge on any atom is -0.346 e. The first kappa shape index (κ1) is 22.0. The second-order valence-corrected chi connectivity index (χ2v) is 8.05. The molecule has 0 aliphatic carbocycles. The van der Waals surface area contributed by atoms with Gasteiger partial charge in [-0.05, 0) is 49.1 Å². The van der Waals surface area contributed by atoms with Gasteiger partial charge in [0, 0.05) is 38.4 Å². The molecule has 1 fully saturated rings. The molecule has 2 amide bonds. The fourth-order valence-corrected chi connectivity index (χ4v) is 3.65. The number of rotatable bonds is 7. The zero-order chi connectivity index (χ0) is 21.5. The number of hydrogen-bond donors (Lipinski definition) is 2. The summed E-state index contributed by atoms with van der Waals surface area (Å²) >= 11 is 0. The molecule has 30 heavy (non-hydrogen) atoms. The van der Waals surface area contributed by atoms with Gasteiger partial charge in [0.15, 0.2) is 0 Å². The van der Waals surface area contributed by atoms with E-state index in [1.807, 2.05) is 32.0 Å². The van der Waals surface area contributed by atoms with Crippen molar-refractivity contribution in [2.24, 2.45) is 0 Å². The lowest BCUT2D eigenvalue weighted by atomic mass is 10.1. The van der Waals surface area contributed by atoms with Crippen LogP contribution in [0, 0.1) is 20.8 Å². The van der Waals surface area contributed by atoms with E-state index >= 15 is 0 Å². The molecular formula is C24H32N4O2. The number of nitrogens with one attached hydrogen (secondary N) is 2. The van der Waals surface area contributed by atoms with E-state index < -0.39 is 0 Å². The number of anilines is 1. The average molecular weight is 409 g/mol. The predicted octanol–water partition coefficient (Wildman–Crippen LogP) is 2.48. The summed E-state index contributed by atoms with van der Waals surface area (Å²) in [6.45, 7) is 11.0. The van der Waals surface area contributed by atoms with E-state index in [-0.39, 0.29) is 18.4 Å². The van der Waals surface area contributed by atoms with Gasteiger partial charge in [0.1, 0.15) is 0 Å². The smallest absolute Gasteiger partial charge is 0.243 e. The summed E-state index contributed by atoms with van der Waals surface area (Å²) in [5, 5.41) is 5.61. The van der Waals surface area contributed by atoms with Gasteiger partial charge in [0.2, 0.25) is 11.8 Å². The monoisotopic (exact) mass is 408 g/mol. The summed E-state index contributed by atoms with van der Waals surface area (Å²) in [5.74, 6) is -0.321. The molecule has 0 aromatic heterocycles. The Morgan fingerprint density at radius 2 is 1.50 bits per heavy atom. The third-order valence-corrected chi connectivity index (χ3v) is 5.81. The van der Waals surface area contributed by atoms with Crippen molar-refractivity contribution in [2.45, 2.75) is 27.3 Å². The van der Waals surface area contributed by atoms with E-state index in [2.05, 4.69) is 51.6 Å². The highest BCUT2D eigenvalue weighted by molar-refractivity contribution is 5.95. The number of carbonyl (C=O) groups is 2. The van der Waals surface area contributed by atoms with Gasteiger partial charge in [-0.15, -0.1) is 0 Å². The summed E-state index contributed by atoms with van der Waals surface area (Å²) in [6.07, 6.45) is 0. The van der Waals surface area contributed by atoms with Crippen LogP contribution < -0.4 is 10.6 Å². The molecule has 3 rings (SSSR count). The van der Waals surface area contributed by atoms with Crippen molar-refractivity contribution in [3.63, 3.8) is 0 Å². The van der Waals surface area contributed by atoms with Crippen molar-refractivity contribution >= 4 is 17.5 Å². The molecule has 160 valence electrons. The van der Waals surface area contributed by atoms with Crippen LogP contribution >= 0.6 is 0 Å². The van der Waals surface area contributed by atoms with Crippen molar-refractivity contribution in [3.8, 4) is 0 Å². The fraction of sp³-hybridized carbons (Fsp3) is 0.417. The number of hydrogen-bond acceptors (Lipinski definition) is 4. The van der Waals surface area contributed by atoms with Crippen molar-refractivity contribution in [1.29, 1.82) is 0 Å². The van der Waals surface area contributed by atoms with Crippen LogP contribution in [0.4, 0.5) is 5.69 Å². The lowest BCUT2D eigenvalue weighted by Gasteiger charge is -2.34. The third kappa shape index (κ3) is 6.15. The molecule has 6 heteroatoms. The molecular weight excluding hydrogens is 376 g/mol. The molecule has 0 spiro atoms. The highest BCUT2D eigenvalue weighted by atomic mass is 16.2. The standard InChI is InChI=1S/C24H32N4O2/c1-18-8-6-10-22(20(18)3)26-23(29)15-25-24(30)17-28-13-11-27(12-14-28)16-21-9-5-4-7-19(21)2/h4-10H,11-17H2,1-3H3,(H,25,30)(H,26,29). The van der Waals surface area contributed by atoms with Crippen molar-refractivity contribution in [1.82, 2.24) is 15.1 Å². The summed E-state index contributed by atoms with van der Waals surface area (Å²) in [6, 6.07) is 14.3. The zero-order valence-corrected chi connectivity index (χ0v) is 18.2. The van der Waals surface area contributed by atoms with Crippen molar-refractivity contribution in [2.75, 3.05) is 44.6 Å². The van der Waals surface area contributed by atoms with Crippen LogP contribution in [0.5, 0.6) is 0 Å². The molecule has 2 aromatic carbocycles. The van der Waals surface area contributed by atoms with Gasteiger partial charge in [-0.1, -0.05) is 36.4 Å². The highest BCUT2D eigenvalue weighted by Gasteiger charge is 2.19. The van der Waals surface area contributed by atoms with Gasteiger partial charge < -0.3 is 10.6 Å². The third-order valence-electron chi connectivity index (χ3n) is 5.81. The number of amides is 2. The largest absolute Gasteiger partial charge is 0.346 e. The fourth-order valence-electron chi connectivity index (χ4n) is 3.65. The van der Waals surface area contributed by atoms with E-state index in [0.717, 1.165) is 49.5 Å². The van der Waals surface area contributed by atoms with E-state index in [0.29, 0.717) is 6.54 Å². The zero-order valence-electron chi connectivity index (χ0n) is 18.2. The van der Waals surface area contributed by atoms with E-state index in [1.54, 1.807) is 0 Å². The Balaban J connectivity index is 1.37. The maximum absolute atomic E-state index is 12.3. The van der Waals surface area contributed by atoms with Crippen LogP contribution in [0.2, 0.25) is 0 Å². The first-order valence-electron chi connectivity index (χ1n) is 10.5. The number of benzene rings is 2. The van der Waals surface area contributed by atoms with Gasteiger partial charge in [0.05, 0.1) is 13.1 Å². The summed E-state index contributed by atoms with van der Waals surface area (Å²) in [5.41, 5.74) is 5.63. The van der Waals surface area contributed by atoms with Crippen molar-refractivity contribution in [3.05, 3.63) is 64.7 Å². The lowest BCUT2D eigenvalue weighted by Crippen LogP contribution is -2.49. The summed E-state index contributed by atoms with van der Waals surface area (Å²) in [7, 11) is 0. The number of carbonyl (C=O) groups excluding carboxylic acids is 2. The Hall–Kier alpha value is -2.70. The minimum absolute atomic E-state index is 0.0144. The molecule has 6 nitrogen and oxygen atoms in total. The first-order valence-corrected chi connectivity index (χ1v) is 10.5. The molecule has 2 aromatic rings. The van der Waals surface area contributed by atoms with Crippen LogP contribution in [0.1, 0.15) is 22.3 Å². The van der Waals surface area contributed by atoms with Crippen LogP contribution in [-0.4, -0.2) is 60.9 Å². The molecule has 0 radical (unpaired) electrons. The maximum Gasteiger partial charge on any atom is 0.243 e. The minimum atomic E-state index is -0.208. The highest BCUT2D eigenvalue weighted by Crippen LogP contribution is 2.17. The van der Waals surface area contributed by atoms with Gasteiger partial charge in [-0.25, -0.2) is 0 Å². The molecule has 1 heterocycles. The predicted molar refractivity (Wildman–Crippen MR) is 120 cm³/mol. The molecule has 2 N–H and O–H groups in total. The van der Waals surface area contributed by atoms with Gasteiger partial charge in [-0.2, -0.15) is 0 Å². The molecule has 1 saturated heterocycles.